The summed E-state index contributed by atoms with van der Waals surface area (Å²) >= 11 is 0. The van der Waals surface area contributed by atoms with Crippen LogP contribution in [0.15, 0.2) is 29.1 Å². The Morgan fingerprint density at radius 1 is 1.29 bits per heavy atom. The van der Waals surface area contributed by atoms with Crippen LogP contribution >= 0.6 is 0 Å². The average Bonchev–Trinajstić information content (AvgIpc) is 2.96. The van der Waals surface area contributed by atoms with Crippen LogP contribution in [-0.4, -0.2) is 28.5 Å². The number of aromatic nitrogens is 2. The number of likely N-dealkylation sites (tertiary alicyclic amines) is 1. The lowest BCUT2D eigenvalue weighted by Gasteiger charge is -2.16. The van der Waals surface area contributed by atoms with Gasteiger partial charge in [-0.1, -0.05) is 12.1 Å². The molecule has 1 aliphatic heterocycles. The topological polar surface area (TPSA) is 82.4 Å². The highest BCUT2D eigenvalue weighted by Gasteiger charge is 2.20. The molecule has 3 rings (SSSR count). The van der Waals surface area contributed by atoms with Crippen molar-refractivity contribution < 1.29 is 9.69 Å². The molecule has 1 fully saturated rings. The first-order valence-corrected chi connectivity index (χ1v) is 7.25. The van der Waals surface area contributed by atoms with Crippen LogP contribution in [0.5, 0.6) is 0 Å². The maximum atomic E-state index is 12.6. The molecule has 3 N–H and O–H groups in total. The lowest BCUT2D eigenvalue weighted by Crippen LogP contribution is -3.08. The number of fused-ring (bicyclic) bond motifs is 1. The first kappa shape index (κ1) is 13.8. The van der Waals surface area contributed by atoms with Gasteiger partial charge in [0.2, 0.25) is 5.91 Å². The SMILES string of the molecule is NC(=O)Cn1c(C[NH+]2CCCC2)nc2ccccc2c1=O. The number of carbonyl (C=O) groups excluding carboxylic acids is 1. The minimum Gasteiger partial charge on any atom is -0.368 e. The highest BCUT2D eigenvalue weighted by Crippen LogP contribution is 2.07. The van der Waals surface area contributed by atoms with Gasteiger partial charge >= 0.3 is 0 Å². The van der Waals surface area contributed by atoms with Crippen LogP contribution in [0.25, 0.3) is 10.9 Å². The minimum atomic E-state index is -0.521. The summed E-state index contributed by atoms with van der Waals surface area (Å²) in [6.45, 7) is 2.71. The predicted molar refractivity (Wildman–Crippen MR) is 78.8 cm³/mol. The molecular formula is C15H19N4O2+. The number of primary amides is 1. The summed E-state index contributed by atoms with van der Waals surface area (Å²) in [5.74, 6) is 0.126. The van der Waals surface area contributed by atoms with Crippen molar-refractivity contribution in [2.75, 3.05) is 13.1 Å². The molecular weight excluding hydrogens is 268 g/mol. The summed E-state index contributed by atoms with van der Waals surface area (Å²) in [6, 6.07) is 7.22. The molecule has 1 saturated heterocycles. The van der Waals surface area contributed by atoms with Crippen LogP contribution < -0.4 is 16.2 Å². The van der Waals surface area contributed by atoms with Gasteiger partial charge in [0.15, 0.2) is 5.82 Å². The van der Waals surface area contributed by atoms with Gasteiger partial charge in [0.05, 0.1) is 24.0 Å². The van der Waals surface area contributed by atoms with E-state index < -0.39 is 5.91 Å². The summed E-state index contributed by atoms with van der Waals surface area (Å²) < 4.78 is 1.43. The van der Waals surface area contributed by atoms with E-state index in [1.165, 1.54) is 22.3 Å². The van der Waals surface area contributed by atoms with E-state index in [9.17, 15) is 9.59 Å². The molecule has 1 aromatic carbocycles. The molecule has 0 radical (unpaired) electrons. The van der Waals surface area contributed by atoms with Gasteiger partial charge in [-0.05, 0) is 12.1 Å². The third-order valence-electron chi connectivity index (χ3n) is 3.97. The van der Waals surface area contributed by atoms with Gasteiger partial charge in [-0.3, -0.25) is 14.2 Å². The number of nitrogens with two attached hydrogens (primary N) is 1. The Kier molecular flexibility index (Phi) is 3.70. The molecule has 0 aliphatic carbocycles. The number of para-hydroxylation sites is 1. The number of hydrogen-bond donors (Lipinski definition) is 2. The molecule has 1 aromatic heterocycles. The molecule has 0 saturated carbocycles. The van der Waals surface area contributed by atoms with Crippen LogP contribution in [0, 0.1) is 0 Å². The Bertz CT molecular complexity index is 732. The van der Waals surface area contributed by atoms with Crippen LogP contribution in [0.3, 0.4) is 0 Å². The van der Waals surface area contributed by atoms with E-state index in [2.05, 4.69) is 4.98 Å². The number of amides is 1. The third kappa shape index (κ3) is 2.80. The molecule has 6 heteroatoms. The Hall–Kier alpha value is -2.21. The van der Waals surface area contributed by atoms with Crippen molar-refractivity contribution in [2.45, 2.75) is 25.9 Å². The van der Waals surface area contributed by atoms with Crippen molar-refractivity contribution in [1.82, 2.24) is 9.55 Å². The quantitative estimate of drug-likeness (QED) is 0.761. The number of nitrogens with zero attached hydrogens (tertiary/aromatic N) is 2. The zero-order valence-electron chi connectivity index (χ0n) is 11.8. The second kappa shape index (κ2) is 5.65. The summed E-state index contributed by atoms with van der Waals surface area (Å²) in [4.78, 5) is 29.8. The summed E-state index contributed by atoms with van der Waals surface area (Å²) in [5, 5.41) is 0.527. The van der Waals surface area contributed by atoms with Crippen molar-refractivity contribution in [2.24, 2.45) is 5.73 Å². The molecule has 0 unspecified atom stereocenters. The normalized spacial score (nSPS) is 15.6. The second-order valence-electron chi connectivity index (χ2n) is 5.54. The van der Waals surface area contributed by atoms with Gasteiger partial charge in [-0.15, -0.1) is 0 Å². The van der Waals surface area contributed by atoms with Gasteiger partial charge in [0, 0.05) is 12.8 Å². The van der Waals surface area contributed by atoms with Crippen molar-refractivity contribution in [3.63, 3.8) is 0 Å². The number of quaternary nitrogens is 1. The fourth-order valence-electron chi connectivity index (χ4n) is 2.94. The molecule has 1 aliphatic rings. The molecule has 2 heterocycles. The molecule has 110 valence electrons. The van der Waals surface area contributed by atoms with Crippen molar-refractivity contribution in [3.8, 4) is 0 Å². The summed E-state index contributed by atoms with van der Waals surface area (Å²) in [5.41, 5.74) is 5.77. The zero-order valence-corrected chi connectivity index (χ0v) is 11.8. The van der Waals surface area contributed by atoms with Gasteiger partial charge in [0.25, 0.3) is 5.56 Å². The number of nitrogens with one attached hydrogen (secondary N) is 1. The van der Waals surface area contributed by atoms with Crippen LogP contribution in [0.1, 0.15) is 18.7 Å². The van der Waals surface area contributed by atoms with Gasteiger partial charge < -0.3 is 10.6 Å². The molecule has 1 amide bonds. The Labute approximate surface area is 122 Å². The number of rotatable bonds is 4. The van der Waals surface area contributed by atoms with Crippen LogP contribution in [-0.2, 0) is 17.9 Å². The Morgan fingerprint density at radius 3 is 2.71 bits per heavy atom. The third-order valence-corrected chi connectivity index (χ3v) is 3.97. The number of hydrogen-bond acceptors (Lipinski definition) is 3. The molecule has 21 heavy (non-hydrogen) atoms. The van der Waals surface area contributed by atoms with E-state index >= 15 is 0 Å². The van der Waals surface area contributed by atoms with E-state index in [4.69, 9.17) is 5.73 Å². The fourth-order valence-corrected chi connectivity index (χ4v) is 2.94. The summed E-state index contributed by atoms with van der Waals surface area (Å²) in [6.07, 6.45) is 2.39. The highest BCUT2D eigenvalue weighted by molar-refractivity contribution is 5.78. The van der Waals surface area contributed by atoms with E-state index in [1.54, 1.807) is 12.1 Å². The molecule has 6 nitrogen and oxygen atoms in total. The molecule has 0 bridgehead atoms. The lowest BCUT2D eigenvalue weighted by molar-refractivity contribution is -0.902. The van der Waals surface area contributed by atoms with Gasteiger partial charge in [-0.25, -0.2) is 4.98 Å². The zero-order chi connectivity index (χ0) is 14.8. The smallest absolute Gasteiger partial charge is 0.262 e. The maximum Gasteiger partial charge on any atom is 0.262 e. The van der Waals surface area contributed by atoms with Crippen LogP contribution in [0.2, 0.25) is 0 Å². The van der Waals surface area contributed by atoms with Crippen LogP contribution in [0.4, 0.5) is 0 Å². The fraction of sp³-hybridized carbons (Fsp3) is 0.400. The van der Waals surface area contributed by atoms with E-state index in [0.717, 1.165) is 13.1 Å². The monoisotopic (exact) mass is 287 g/mol. The van der Waals surface area contributed by atoms with Crippen molar-refractivity contribution >= 4 is 16.8 Å². The van der Waals surface area contributed by atoms with Gasteiger partial charge in [-0.2, -0.15) is 0 Å². The number of benzene rings is 1. The summed E-state index contributed by atoms with van der Waals surface area (Å²) in [7, 11) is 0. The standard InChI is InChI=1S/C15H18N4O2/c16-13(20)9-19-14(10-18-7-3-4-8-18)17-12-6-2-1-5-11(12)15(19)21/h1-2,5-6H,3-4,7-10H2,(H2,16,20)/p+1. The first-order chi connectivity index (χ1) is 10.1. The maximum absolute atomic E-state index is 12.6. The van der Waals surface area contributed by atoms with Gasteiger partial charge in [0.1, 0.15) is 13.1 Å². The number of carbonyl (C=O) groups is 1. The molecule has 0 atom stereocenters. The average molecular weight is 287 g/mol. The van der Waals surface area contributed by atoms with Crippen molar-refractivity contribution in [1.29, 1.82) is 0 Å². The highest BCUT2D eigenvalue weighted by atomic mass is 16.2. The minimum absolute atomic E-state index is 0.112. The van der Waals surface area contributed by atoms with Crippen molar-refractivity contribution in [3.05, 3.63) is 40.4 Å². The van der Waals surface area contributed by atoms with E-state index in [0.29, 0.717) is 23.3 Å². The van der Waals surface area contributed by atoms with E-state index in [-0.39, 0.29) is 12.1 Å². The largest absolute Gasteiger partial charge is 0.368 e. The predicted octanol–water partition coefficient (Wildman–Crippen LogP) is -0.939. The first-order valence-electron chi connectivity index (χ1n) is 7.25. The van der Waals surface area contributed by atoms with E-state index in [1.807, 2.05) is 12.1 Å². The Balaban J connectivity index is 2.10. The lowest BCUT2D eigenvalue weighted by atomic mass is 10.2. The molecule has 2 aromatic rings. The Morgan fingerprint density at radius 2 is 2.00 bits per heavy atom. The molecule has 0 spiro atoms. The second-order valence-corrected chi connectivity index (χ2v) is 5.54.